The third-order valence-corrected chi connectivity index (χ3v) is 4.87. The number of fused-ring (bicyclic) bond motifs is 1. The molecule has 4 heteroatoms. The fourth-order valence-electron chi connectivity index (χ4n) is 3.39. The highest BCUT2D eigenvalue weighted by Gasteiger charge is 2.30. The summed E-state index contributed by atoms with van der Waals surface area (Å²) in [5.41, 5.74) is 5.35. The molecule has 0 saturated carbocycles. The van der Waals surface area contributed by atoms with E-state index in [1.54, 1.807) is 11.0 Å². The highest BCUT2D eigenvalue weighted by Crippen LogP contribution is 2.31. The molecule has 26 heavy (non-hydrogen) atoms. The van der Waals surface area contributed by atoms with Crippen LogP contribution in [-0.4, -0.2) is 23.3 Å². The van der Waals surface area contributed by atoms with Crippen LogP contribution in [0.2, 0.25) is 0 Å². The Balaban J connectivity index is 1.68. The van der Waals surface area contributed by atoms with Gasteiger partial charge in [0.2, 0.25) is 5.91 Å². The summed E-state index contributed by atoms with van der Waals surface area (Å²) in [6, 6.07) is 13.5. The minimum absolute atomic E-state index is 0.0818. The number of benzene rings is 2. The first-order valence-corrected chi connectivity index (χ1v) is 9.07. The topological polar surface area (TPSA) is 49.4 Å². The molecule has 0 radical (unpaired) electrons. The molecule has 1 heterocycles. The molecular weight excluding hydrogens is 324 g/mol. The molecule has 3 rings (SSSR count). The molecule has 0 aliphatic carbocycles. The van der Waals surface area contributed by atoms with Crippen LogP contribution in [0.15, 0.2) is 49.0 Å². The van der Waals surface area contributed by atoms with Gasteiger partial charge in [-0.2, -0.15) is 0 Å². The Labute approximate surface area is 154 Å². The minimum Gasteiger partial charge on any atom is -0.326 e. The molecule has 2 aromatic rings. The van der Waals surface area contributed by atoms with Gasteiger partial charge in [0.15, 0.2) is 0 Å². The fourth-order valence-corrected chi connectivity index (χ4v) is 3.39. The van der Waals surface area contributed by atoms with E-state index in [1.165, 1.54) is 0 Å². The Kier molecular flexibility index (Phi) is 5.21. The summed E-state index contributed by atoms with van der Waals surface area (Å²) in [5, 5.41) is 3.05. The quantitative estimate of drug-likeness (QED) is 0.848. The third-order valence-electron chi connectivity index (χ3n) is 4.87. The largest absolute Gasteiger partial charge is 0.326 e. The summed E-state index contributed by atoms with van der Waals surface area (Å²) >= 11 is 0. The summed E-state index contributed by atoms with van der Waals surface area (Å²) in [7, 11) is 0. The van der Waals surface area contributed by atoms with Crippen LogP contribution in [0.4, 0.5) is 5.69 Å². The molecule has 0 saturated heterocycles. The lowest BCUT2D eigenvalue weighted by molar-refractivity contribution is -0.116. The van der Waals surface area contributed by atoms with Crippen molar-refractivity contribution < 1.29 is 9.59 Å². The number of amides is 2. The minimum atomic E-state index is -0.0860. The van der Waals surface area contributed by atoms with E-state index >= 15 is 0 Å². The monoisotopic (exact) mass is 348 g/mol. The van der Waals surface area contributed by atoms with E-state index in [9.17, 15) is 9.59 Å². The van der Waals surface area contributed by atoms with Gasteiger partial charge in [0.1, 0.15) is 0 Å². The van der Waals surface area contributed by atoms with Gasteiger partial charge in [0.25, 0.3) is 5.91 Å². The maximum absolute atomic E-state index is 12.5. The van der Waals surface area contributed by atoms with Gasteiger partial charge in [0, 0.05) is 35.5 Å². The zero-order chi connectivity index (χ0) is 18.7. The van der Waals surface area contributed by atoms with Gasteiger partial charge in [-0.1, -0.05) is 56.8 Å². The molecule has 2 amide bonds. The van der Waals surface area contributed by atoms with E-state index in [4.69, 9.17) is 0 Å². The summed E-state index contributed by atoms with van der Waals surface area (Å²) in [6.45, 7) is 8.50. The van der Waals surface area contributed by atoms with E-state index in [2.05, 4.69) is 25.7 Å². The van der Waals surface area contributed by atoms with Gasteiger partial charge >= 0.3 is 0 Å². The highest BCUT2D eigenvalue weighted by atomic mass is 16.2. The van der Waals surface area contributed by atoms with E-state index in [0.717, 1.165) is 35.2 Å². The highest BCUT2D eigenvalue weighted by molar-refractivity contribution is 6.09. The van der Waals surface area contributed by atoms with Crippen molar-refractivity contribution in [3.8, 4) is 0 Å². The van der Waals surface area contributed by atoms with Crippen LogP contribution < -0.4 is 5.32 Å². The normalized spacial score (nSPS) is 13.1. The average Bonchev–Trinajstić information content (AvgIpc) is 2.91. The molecule has 1 aliphatic rings. The van der Waals surface area contributed by atoms with Gasteiger partial charge < -0.3 is 10.2 Å². The second-order valence-corrected chi connectivity index (χ2v) is 6.41. The molecule has 0 bridgehead atoms. The number of rotatable bonds is 6. The van der Waals surface area contributed by atoms with Crippen LogP contribution >= 0.6 is 0 Å². The van der Waals surface area contributed by atoms with Crippen molar-refractivity contribution in [2.45, 2.75) is 33.1 Å². The van der Waals surface area contributed by atoms with Crippen molar-refractivity contribution >= 4 is 23.2 Å². The smallest absolute Gasteiger partial charge is 0.258 e. The maximum atomic E-state index is 12.5. The average molecular weight is 348 g/mol. The lowest BCUT2D eigenvalue weighted by atomic mass is 10.0. The second-order valence-electron chi connectivity index (χ2n) is 6.41. The molecule has 0 unspecified atom stereocenters. The number of carbonyl (C=O) groups excluding carboxylic acids is 2. The molecule has 1 N–H and O–H groups in total. The Bertz CT molecular complexity index is 813. The predicted octanol–water partition coefficient (Wildman–Crippen LogP) is 4.27. The van der Waals surface area contributed by atoms with Gasteiger partial charge in [-0.15, -0.1) is 0 Å². The number of anilines is 1. The summed E-state index contributed by atoms with van der Waals surface area (Å²) < 4.78 is 0. The Morgan fingerprint density at radius 3 is 2.19 bits per heavy atom. The van der Waals surface area contributed by atoms with Crippen LogP contribution in [0, 0.1) is 0 Å². The molecule has 0 spiro atoms. The SMILES string of the molecule is C=C1c2ccccc2C(=O)N1CCC(=O)Nc1c(CC)cccc1CC. The lowest BCUT2D eigenvalue weighted by Crippen LogP contribution is -2.27. The van der Waals surface area contributed by atoms with Crippen molar-refractivity contribution in [1.29, 1.82) is 0 Å². The van der Waals surface area contributed by atoms with E-state index in [1.807, 2.05) is 36.4 Å². The maximum Gasteiger partial charge on any atom is 0.258 e. The van der Waals surface area contributed by atoms with Crippen molar-refractivity contribution in [2.24, 2.45) is 0 Å². The van der Waals surface area contributed by atoms with E-state index in [0.29, 0.717) is 17.8 Å². The van der Waals surface area contributed by atoms with Crippen molar-refractivity contribution in [3.63, 3.8) is 0 Å². The van der Waals surface area contributed by atoms with Crippen molar-refractivity contribution in [1.82, 2.24) is 4.90 Å². The molecule has 0 fully saturated rings. The standard InChI is InChI=1S/C22H24N2O2/c1-4-16-9-8-10-17(5-2)21(16)23-20(25)13-14-24-15(3)18-11-6-7-12-19(18)22(24)26/h6-12H,3-5,13-14H2,1-2H3,(H,23,25). The zero-order valence-corrected chi connectivity index (χ0v) is 15.3. The van der Waals surface area contributed by atoms with Crippen LogP contribution in [0.25, 0.3) is 5.70 Å². The predicted molar refractivity (Wildman–Crippen MR) is 105 cm³/mol. The van der Waals surface area contributed by atoms with E-state index in [-0.39, 0.29) is 18.2 Å². The van der Waals surface area contributed by atoms with E-state index < -0.39 is 0 Å². The molecule has 2 aromatic carbocycles. The Morgan fingerprint density at radius 2 is 1.62 bits per heavy atom. The van der Waals surface area contributed by atoms with Crippen LogP contribution in [0.3, 0.4) is 0 Å². The number of para-hydroxylation sites is 1. The number of carbonyl (C=O) groups is 2. The molecule has 134 valence electrons. The number of hydrogen-bond donors (Lipinski definition) is 1. The van der Waals surface area contributed by atoms with Crippen molar-refractivity contribution in [3.05, 3.63) is 71.3 Å². The molecule has 4 nitrogen and oxygen atoms in total. The van der Waals surface area contributed by atoms with Crippen LogP contribution in [0.5, 0.6) is 0 Å². The van der Waals surface area contributed by atoms with Crippen LogP contribution in [-0.2, 0) is 17.6 Å². The second kappa shape index (κ2) is 7.56. The van der Waals surface area contributed by atoms with Gasteiger partial charge in [-0.05, 0) is 30.0 Å². The fraction of sp³-hybridized carbons (Fsp3) is 0.273. The lowest BCUT2D eigenvalue weighted by Gasteiger charge is -2.18. The summed E-state index contributed by atoms with van der Waals surface area (Å²) in [6.07, 6.45) is 1.96. The zero-order valence-electron chi connectivity index (χ0n) is 15.3. The van der Waals surface area contributed by atoms with Gasteiger partial charge in [-0.25, -0.2) is 0 Å². The number of nitrogens with zero attached hydrogens (tertiary/aromatic N) is 1. The first kappa shape index (κ1) is 17.9. The molecule has 1 aliphatic heterocycles. The third kappa shape index (κ3) is 3.27. The number of hydrogen-bond acceptors (Lipinski definition) is 2. The summed E-state index contributed by atoms with van der Waals surface area (Å²) in [5.74, 6) is -0.168. The van der Waals surface area contributed by atoms with Crippen molar-refractivity contribution in [2.75, 3.05) is 11.9 Å². The first-order valence-electron chi connectivity index (χ1n) is 9.07. The Hall–Kier alpha value is -2.88. The van der Waals surface area contributed by atoms with Gasteiger partial charge in [-0.3, -0.25) is 9.59 Å². The van der Waals surface area contributed by atoms with Gasteiger partial charge in [0.05, 0.1) is 0 Å². The molecule has 0 atom stereocenters. The first-order chi connectivity index (χ1) is 12.6. The Morgan fingerprint density at radius 1 is 1.00 bits per heavy atom. The summed E-state index contributed by atoms with van der Waals surface area (Å²) in [4.78, 5) is 26.6. The number of aryl methyl sites for hydroxylation is 2. The molecule has 0 aromatic heterocycles. The van der Waals surface area contributed by atoms with Crippen LogP contribution in [0.1, 0.15) is 47.3 Å². The molecular formula is C22H24N2O2. The number of nitrogens with one attached hydrogen (secondary N) is 1.